The highest BCUT2D eigenvalue weighted by molar-refractivity contribution is 5.64. The van der Waals surface area contributed by atoms with Crippen LogP contribution in [0.1, 0.15) is 43.4 Å². The van der Waals surface area contributed by atoms with Gasteiger partial charge in [0, 0.05) is 18.2 Å². The first kappa shape index (κ1) is 17.0. The van der Waals surface area contributed by atoms with E-state index in [2.05, 4.69) is 10.3 Å². The zero-order chi connectivity index (χ0) is 17.0. The standard InChI is InChI=1S/C19H21F3N2/c20-19(21,22)17-11-5-4-10-16(17)18-12-6-9-15(24-18)13-23-14-7-2-1-3-8-14/h4-6,9-12,14,23H,1-3,7-8,13H2. The second-order valence-electron chi connectivity index (χ2n) is 6.27. The van der Waals surface area contributed by atoms with Gasteiger partial charge in [0.1, 0.15) is 0 Å². The lowest BCUT2D eigenvalue weighted by atomic mass is 9.95. The van der Waals surface area contributed by atoms with E-state index in [1.807, 2.05) is 6.07 Å². The van der Waals surface area contributed by atoms with E-state index in [1.54, 1.807) is 18.2 Å². The molecule has 0 saturated heterocycles. The topological polar surface area (TPSA) is 24.9 Å². The minimum atomic E-state index is -4.38. The summed E-state index contributed by atoms with van der Waals surface area (Å²) in [6.45, 7) is 0.590. The van der Waals surface area contributed by atoms with Crippen LogP contribution in [0.15, 0.2) is 42.5 Å². The van der Waals surface area contributed by atoms with Crippen molar-refractivity contribution in [1.29, 1.82) is 0 Å². The van der Waals surface area contributed by atoms with Crippen molar-refractivity contribution in [3.63, 3.8) is 0 Å². The van der Waals surface area contributed by atoms with E-state index in [1.165, 1.54) is 31.4 Å². The minimum Gasteiger partial charge on any atom is -0.308 e. The van der Waals surface area contributed by atoms with E-state index in [4.69, 9.17) is 0 Å². The van der Waals surface area contributed by atoms with Crippen LogP contribution in [0.3, 0.4) is 0 Å². The van der Waals surface area contributed by atoms with Crippen LogP contribution in [-0.2, 0) is 12.7 Å². The van der Waals surface area contributed by atoms with Gasteiger partial charge in [-0.05, 0) is 31.0 Å². The molecule has 1 heterocycles. The molecule has 1 aromatic heterocycles. The summed E-state index contributed by atoms with van der Waals surface area (Å²) in [5, 5.41) is 3.48. The molecule has 0 aliphatic heterocycles. The lowest BCUT2D eigenvalue weighted by Gasteiger charge is -2.22. The van der Waals surface area contributed by atoms with Gasteiger partial charge in [0.25, 0.3) is 0 Å². The summed E-state index contributed by atoms with van der Waals surface area (Å²) in [5.41, 5.74) is 0.625. The van der Waals surface area contributed by atoms with Gasteiger partial charge in [-0.2, -0.15) is 13.2 Å². The summed E-state index contributed by atoms with van der Waals surface area (Å²) in [7, 11) is 0. The number of aromatic nitrogens is 1. The maximum Gasteiger partial charge on any atom is 0.417 e. The maximum absolute atomic E-state index is 13.2. The van der Waals surface area contributed by atoms with E-state index >= 15 is 0 Å². The molecule has 0 radical (unpaired) electrons. The summed E-state index contributed by atoms with van der Waals surface area (Å²) in [6.07, 6.45) is 1.72. The average Bonchev–Trinajstić information content (AvgIpc) is 2.60. The van der Waals surface area contributed by atoms with E-state index in [9.17, 15) is 13.2 Å². The quantitative estimate of drug-likeness (QED) is 0.832. The van der Waals surface area contributed by atoms with Gasteiger partial charge >= 0.3 is 6.18 Å². The van der Waals surface area contributed by atoms with Crippen molar-refractivity contribution < 1.29 is 13.2 Å². The zero-order valence-electron chi connectivity index (χ0n) is 13.4. The Labute approximate surface area is 140 Å². The normalized spacial score (nSPS) is 16.3. The molecule has 1 aliphatic carbocycles. The van der Waals surface area contributed by atoms with Gasteiger partial charge in [0.15, 0.2) is 0 Å². The van der Waals surface area contributed by atoms with Crippen molar-refractivity contribution in [2.45, 2.75) is 50.9 Å². The monoisotopic (exact) mass is 334 g/mol. The third-order valence-corrected chi connectivity index (χ3v) is 4.49. The molecule has 2 nitrogen and oxygen atoms in total. The fourth-order valence-corrected chi connectivity index (χ4v) is 3.24. The largest absolute Gasteiger partial charge is 0.417 e. The summed E-state index contributed by atoms with van der Waals surface area (Å²) in [6, 6.07) is 11.3. The third kappa shape index (κ3) is 4.15. The third-order valence-electron chi connectivity index (χ3n) is 4.49. The Bertz CT molecular complexity index is 676. The van der Waals surface area contributed by atoms with Crippen LogP contribution in [0, 0.1) is 0 Å². The Morgan fingerprint density at radius 3 is 2.46 bits per heavy atom. The molecule has 0 amide bonds. The van der Waals surface area contributed by atoms with Crippen molar-refractivity contribution >= 4 is 0 Å². The molecule has 5 heteroatoms. The number of nitrogens with one attached hydrogen (secondary N) is 1. The Morgan fingerprint density at radius 1 is 0.958 bits per heavy atom. The van der Waals surface area contributed by atoms with Crippen LogP contribution in [0.5, 0.6) is 0 Å². The van der Waals surface area contributed by atoms with Crippen molar-refractivity contribution in [3.05, 3.63) is 53.7 Å². The van der Waals surface area contributed by atoms with Crippen LogP contribution in [0.4, 0.5) is 13.2 Å². The van der Waals surface area contributed by atoms with Crippen molar-refractivity contribution in [3.8, 4) is 11.3 Å². The first-order valence-electron chi connectivity index (χ1n) is 8.40. The van der Waals surface area contributed by atoms with Gasteiger partial charge in [0.2, 0.25) is 0 Å². The molecule has 128 valence electrons. The molecule has 1 aromatic carbocycles. The molecule has 0 unspecified atom stereocenters. The minimum absolute atomic E-state index is 0.129. The Kier molecular flexibility index (Phi) is 5.19. The fraction of sp³-hybridized carbons (Fsp3) is 0.421. The summed E-state index contributed by atoms with van der Waals surface area (Å²) in [5.74, 6) is 0. The van der Waals surface area contributed by atoms with Crippen molar-refractivity contribution in [1.82, 2.24) is 10.3 Å². The Morgan fingerprint density at radius 2 is 1.71 bits per heavy atom. The van der Waals surface area contributed by atoms with E-state index < -0.39 is 11.7 Å². The zero-order valence-corrected chi connectivity index (χ0v) is 13.4. The molecule has 2 aromatic rings. The Hall–Kier alpha value is -1.88. The molecule has 0 atom stereocenters. The van der Waals surface area contributed by atoms with Crippen LogP contribution < -0.4 is 5.32 Å². The summed E-state index contributed by atoms with van der Waals surface area (Å²) in [4.78, 5) is 4.44. The fourth-order valence-electron chi connectivity index (χ4n) is 3.24. The highest BCUT2D eigenvalue weighted by Crippen LogP contribution is 2.36. The second-order valence-corrected chi connectivity index (χ2v) is 6.27. The first-order chi connectivity index (χ1) is 11.5. The number of pyridine rings is 1. The molecule has 0 spiro atoms. The van der Waals surface area contributed by atoms with Gasteiger partial charge < -0.3 is 5.32 Å². The Balaban J connectivity index is 1.78. The predicted octanol–water partition coefficient (Wildman–Crippen LogP) is 5.19. The number of halogens is 3. The highest BCUT2D eigenvalue weighted by atomic mass is 19.4. The number of alkyl halides is 3. The number of nitrogens with zero attached hydrogens (tertiary/aromatic N) is 1. The SMILES string of the molecule is FC(F)(F)c1ccccc1-c1cccc(CNC2CCCCC2)n1. The van der Waals surface area contributed by atoms with Gasteiger partial charge in [-0.1, -0.05) is 43.5 Å². The van der Waals surface area contributed by atoms with Crippen LogP contribution in [-0.4, -0.2) is 11.0 Å². The number of benzene rings is 1. The van der Waals surface area contributed by atoms with Crippen molar-refractivity contribution in [2.75, 3.05) is 0 Å². The smallest absolute Gasteiger partial charge is 0.308 e. The number of rotatable bonds is 4. The molecule has 1 N–H and O–H groups in total. The van der Waals surface area contributed by atoms with E-state index in [-0.39, 0.29) is 5.56 Å². The van der Waals surface area contributed by atoms with Gasteiger partial charge in [0.05, 0.1) is 17.0 Å². The van der Waals surface area contributed by atoms with Crippen LogP contribution >= 0.6 is 0 Å². The molecular weight excluding hydrogens is 313 g/mol. The first-order valence-corrected chi connectivity index (χ1v) is 8.40. The van der Waals surface area contributed by atoms with Gasteiger partial charge in [-0.25, -0.2) is 0 Å². The molecule has 1 aliphatic rings. The van der Waals surface area contributed by atoms with Gasteiger partial charge in [-0.15, -0.1) is 0 Å². The second kappa shape index (κ2) is 7.34. The van der Waals surface area contributed by atoms with E-state index in [0.29, 0.717) is 18.3 Å². The van der Waals surface area contributed by atoms with Crippen molar-refractivity contribution in [2.24, 2.45) is 0 Å². The molecule has 0 bridgehead atoms. The lowest BCUT2D eigenvalue weighted by molar-refractivity contribution is -0.137. The van der Waals surface area contributed by atoms with Gasteiger partial charge in [-0.3, -0.25) is 4.98 Å². The van der Waals surface area contributed by atoms with Crippen LogP contribution in [0.25, 0.3) is 11.3 Å². The summed E-state index contributed by atoms with van der Waals surface area (Å²) >= 11 is 0. The molecule has 24 heavy (non-hydrogen) atoms. The summed E-state index contributed by atoms with van der Waals surface area (Å²) < 4.78 is 39.6. The molecule has 1 saturated carbocycles. The number of hydrogen-bond donors (Lipinski definition) is 1. The molecule has 3 rings (SSSR count). The number of hydrogen-bond acceptors (Lipinski definition) is 2. The van der Waals surface area contributed by atoms with Crippen LogP contribution in [0.2, 0.25) is 0 Å². The average molecular weight is 334 g/mol. The predicted molar refractivity (Wildman–Crippen MR) is 88.4 cm³/mol. The maximum atomic E-state index is 13.2. The van der Waals surface area contributed by atoms with E-state index in [0.717, 1.165) is 24.6 Å². The molecular formula is C19H21F3N2. The molecule has 1 fully saturated rings. The highest BCUT2D eigenvalue weighted by Gasteiger charge is 2.33. The lowest BCUT2D eigenvalue weighted by Crippen LogP contribution is -2.30.